The summed E-state index contributed by atoms with van der Waals surface area (Å²) in [4.78, 5) is 2.56. The summed E-state index contributed by atoms with van der Waals surface area (Å²) < 4.78 is 11.3. The molecule has 1 N–H and O–H groups in total. The quantitative estimate of drug-likeness (QED) is 0.785. The topological polar surface area (TPSA) is 32.3 Å². The van der Waals surface area contributed by atoms with Crippen LogP contribution in [0.5, 0.6) is 0 Å². The van der Waals surface area contributed by atoms with E-state index >= 15 is 0 Å². The van der Waals surface area contributed by atoms with Gasteiger partial charge in [-0.15, -0.1) is 0 Å². The number of likely N-dealkylation sites (tertiary alicyclic amines) is 1. The van der Waals surface area contributed by atoms with Crippen LogP contribution in [0.25, 0.3) is 0 Å². The van der Waals surface area contributed by atoms with Gasteiger partial charge in [0.25, 0.3) is 0 Å². The maximum absolute atomic E-state index is 11.3. The zero-order valence-electron chi connectivity index (χ0n) is 11.7. The number of hydrogen-bond acceptors (Lipinski definition) is 3. The molecule has 0 radical (unpaired) electrons. The van der Waals surface area contributed by atoms with Gasteiger partial charge in [0.2, 0.25) is 0 Å². The van der Waals surface area contributed by atoms with E-state index in [4.69, 9.17) is 0 Å². The molecule has 0 aromatic carbocycles. The predicted octanol–water partition coefficient (Wildman–Crippen LogP) is 1.46. The lowest BCUT2D eigenvalue weighted by atomic mass is 10.0. The van der Waals surface area contributed by atoms with Gasteiger partial charge >= 0.3 is 0 Å². The van der Waals surface area contributed by atoms with E-state index in [1.165, 1.54) is 32.5 Å². The van der Waals surface area contributed by atoms with Crippen molar-refractivity contribution in [1.29, 1.82) is 0 Å². The van der Waals surface area contributed by atoms with Crippen LogP contribution < -0.4 is 5.32 Å². The molecular weight excluding hydrogens is 232 g/mol. The van der Waals surface area contributed by atoms with Gasteiger partial charge in [0.05, 0.1) is 0 Å². The highest BCUT2D eigenvalue weighted by molar-refractivity contribution is 7.84. The molecular formula is C13H28N2OS. The lowest BCUT2D eigenvalue weighted by Crippen LogP contribution is -2.45. The summed E-state index contributed by atoms with van der Waals surface area (Å²) in [5, 5.41) is 3.82. The first-order valence-corrected chi connectivity index (χ1v) is 8.39. The molecule has 3 nitrogen and oxygen atoms in total. The second-order valence-electron chi connectivity index (χ2n) is 5.69. The summed E-state index contributed by atoms with van der Waals surface area (Å²) in [7, 11) is -0.702. The Morgan fingerprint density at radius 3 is 2.35 bits per heavy atom. The van der Waals surface area contributed by atoms with Gasteiger partial charge in [0, 0.05) is 41.4 Å². The van der Waals surface area contributed by atoms with Crippen LogP contribution in [0.2, 0.25) is 0 Å². The van der Waals surface area contributed by atoms with Gasteiger partial charge in [0.1, 0.15) is 0 Å². The van der Waals surface area contributed by atoms with Crippen molar-refractivity contribution < 1.29 is 4.21 Å². The second kappa shape index (κ2) is 7.49. The van der Waals surface area contributed by atoms with E-state index in [9.17, 15) is 4.21 Å². The van der Waals surface area contributed by atoms with Gasteiger partial charge in [-0.25, -0.2) is 0 Å². The molecule has 1 rings (SSSR count). The van der Waals surface area contributed by atoms with E-state index in [0.717, 1.165) is 12.5 Å². The van der Waals surface area contributed by atoms with Crippen molar-refractivity contribution in [3.05, 3.63) is 0 Å². The van der Waals surface area contributed by atoms with Crippen molar-refractivity contribution in [2.45, 2.75) is 44.9 Å². The summed E-state index contributed by atoms with van der Waals surface area (Å²) in [6.07, 6.45) is 4.25. The van der Waals surface area contributed by atoms with Gasteiger partial charge in [0.15, 0.2) is 0 Å². The maximum atomic E-state index is 11.3. The van der Waals surface area contributed by atoms with Crippen molar-refractivity contribution in [3.8, 4) is 0 Å². The number of rotatable bonds is 6. The standard InChI is InChI=1S/C13H28N2OS/c1-11(2)10-15-7-5-13(6-8-15)14-9-12(3)17(4)16/h11-14H,5-10H2,1-4H3. The van der Waals surface area contributed by atoms with Crippen LogP contribution in [0.3, 0.4) is 0 Å². The van der Waals surface area contributed by atoms with E-state index in [1.807, 2.05) is 0 Å². The molecule has 1 saturated heterocycles. The van der Waals surface area contributed by atoms with Crippen LogP contribution in [0.4, 0.5) is 0 Å². The van der Waals surface area contributed by atoms with E-state index in [1.54, 1.807) is 6.26 Å². The van der Waals surface area contributed by atoms with Crippen molar-refractivity contribution in [3.63, 3.8) is 0 Å². The zero-order chi connectivity index (χ0) is 12.8. The first kappa shape index (κ1) is 15.1. The fourth-order valence-electron chi connectivity index (χ4n) is 2.29. The molecule has 1 fully saturated rings. The van der Waals surface area contributed by atoms with Crippen LogP contribution in [-0.2, 0) is 10.8 Å². The van der Waals surface area contributed by atoms with E-state index in [2.05, 4.69) is 31.0 Å². The molecule has 0 aliphatic carbocycles. The van der Waals surface area contributed by atoms with Gasteiger partial charge in [-0.2, -0.15) is 0 Å². The predicted molar refractivity (Wildman–Crippen MR) is 75.8 cm³/mol. The van der Waals surface area contributed by atoms with Gasteiger partial charge in [-0.1, -0.05) is 13.8 Å². The molecule has 0 aromatic heterocycles. The smallest absolute Gasteiger partial charge is 0.0441 e. The SMILES string of the molecule is CC(C)CN1CCC(NCC(C)S(C)=O)CC1. The Morgan fingerprint density at radius 1 is 1.29 bits per heavy atom. The van der Waals surface area contributed by atoms with E-state index < -0.39 is 10.8 Å². The minimum Gasteiger partial charge on any atom is -0.313 e. The third-order valence-electron chi connectivity index (χ3n) is 3.47. The third-order valence-corrected chi connectivity index (χ3v) is 4.77. The summed E-state index contributed by atoms with van der Waals surface area (Å²) in [6, 6.07) is 0.629. The van der Waals surface area contributed by atoms with Crippen LogP contribution >= 0.6 is 0 Å². The molecule has 2 atom stereocenters. The molecule has 17 heavy (non-hydrogen) atoms. The van der Waals surface area contributed by atoms with E-state index in [-0.39, 0.29) is 5.25 Å². The van der Waals surface area contributed by atoms with Crippen molar-refractivity contribution in [2.75, 3.05) is 32.4 Å². The molecule has 0 spiro atoms. The Bertz CT molecular complexity index is 238. The van der Waals surface area contributed by atoms with Crippen molar-refractivity contribution >= 4 is 10.8 Å². The molecule has 0 bridgehead atoms. The van der Waals surface area contributed by atoms with Crippen LogP contribution in [0.15, 0.2) is 0 Å². The molecule has 0 amide bonds. The average Bonchev–Trinajstić information content (AvgIpc) is 2.26. The summed E-state index contributed by atoms with van der Waals surface area (Å²) in [5.74, 6) is 0.766. The second-order valence-corrected chi connectivity index (χ2v) is 7.49. The minimum absolute atomic E-state index is 0.267. The van der Waals surface area contributed by atoms with Gasteiger partial charge in [-0.3, -0.25) is 4.21 Å². The highest BCUT2D eigenvalue weighted by atomic mass is 32.2. The highest BCUT2D eigenvalue weighted by Crippen LogP contribution is 2.12. The minimum atomic E-state index is -0.702. The fraction of sp³-hybridized carbons (Fsp3) is 1.00. The van der Waals surface area contributed by atoms with Crippen molar-refractivity contribution in [1.82, 2.24) is 10.2 Å². The number of nitrogens with one attached hydrogen (secondary N) is 1. The summed E-state index contributed by atoms with van der Waals surface area (Å²) >= 11 is 0. The average molecular weight is 260 g/mol. The van der Waals surface area contributed by atoms with Gasteiger partial charge in [-0.05, 0) is 38.8 Å². The normalized spacial score (nSPS) is 22.9. The van der Waals surface area contributed by atoms with Crippen molar-refractivity contribution in [2.24, 2.45) is 5.92 Å². The molecule has 0 saturated carbocycles. The summed E-state index contributed by atoms with van der Waals surface area (Å²) in [6.45, 7) is 11.1. The van der Waals surface area contributed by atoms with Gasteiger partial charge < -0.3 is 10.2 Å². The summed E-state index contributed by atoms with van der Waals surface area (Å²) in [5.41, 5.74) is 0. The molecule has 4 heteroatoms. The number of piperidine rings is 1. The zero-order valence-corrected chi connectivity index (χ0v) is 12.6. The Balaban J connectivity index is 2.17. The van der Waals surface area contributed by atoms with Crippen LogP contribution in [0, 0.1) is 5.92 Å². The maximum Gasteiger partial charge on any atom is 0.0441 e. The molecule has 0 aromatic rings. The first-order chi connectivity index (χ1) is 7.99. The molecule has 1 heterocycles. The molecule has 2 unspecified atom stereocenters. The first-order valence-electron chi connectivity index (χ1n) is 6.77. The lowest BCUT2D eigenvalue weighted by molar-refractivity contribution is 0.180. The number of hydrogen-bond donors (Lipinski definition) is 1. The third kappa shape index (κ3) is 5.98. The number of nitrogens with zero attached hydrogens (tertiary/aromatic N) is 1. The monoisotopic (exact) mass is 260 g/mol. The Kier molecular flexibility index (Phi) is 6.67. The largest absolute Gasteiger partial charge is 0.313 e. The molecule has 1 aliphatic rings. The lowest BCUT2D eigenvalue weighted by Gasteiger charge is -2.33. The highest BCUT2D eigenvalue weighted by Gasteiger charge is 2.19. The Hall–Kier alpha value is 0.0700. The fourth-order valence-corrected chi connectivity index (χ4v) is 2.62. The molecule has 102 valence electrons. The molecule has 1 aliphatic heterocycles. The van der Waals surface area contributed by atoms with Crippen LogP contribution in [0.1, 0.15) is 33.6 Å². The van der Waals surface area contributed by atoms with Crippen LogP contribution in [-0.4, -0.2) is 52.8 Å². The Morgan fingerprint density at radius 2 is 1.88 bits per heavy atom. The Labute approximate surface area is 109 Å². The van der Waals surface area contributed by atoms with E-state index in [0.29, 0.717) is 6.04 Å².